The molecule has 26 heavy (non-hydrogen) atoms. The van der Waals surface area contributed by atoms with Crippen molar-refractivity contribution < 1.29 is 4.79 Å². The van der Waals surface area contributed by atoms with E-state index in [0.717, 1.165) is 17.8 Å². The number of nitrogens with one attached hydrogen (secondary N) is 3. The Hall–Kier alpha value is -3.33. The van der Waals surface area contributed by atoms with Gasteiger partial charge in [0.1, 0.15) is 6.33 Å². The summed E-state index contributed by atoms with van der Waals surface area (Å²) in [5.74, 6) is -0.306. The van der Waals surface area contributed by atoms with Crippen LogP contribution in [0, 0.1) is 0 Å². The number of hydrazine groups is 1. The van der Waals surface area contributed by atoms with Gasteiger partial charge in [0.2, 0.25) is 0 Å². The minimum absolute atomic E-state index is 0.303. The zero-order valence-corrected chi connectivity index (χ0v) is 14.8. The number of aryl methyl sites for hydroxylation is 1. The predicted octanol–water partition coefficient (Wildman–Crippen LogP) is 1.86. The molecule has 3 aromatic rings. The Bertz CT molecular complexity index is 894. The van der Waals surface area contributed by atoms with E-state index in [0.29, 0.717) is 10.7 Å². The lowest BCUT2D eigenvalue weighted by atomic mass is 10.1. The van der Waals surface area contributed by atoms with Crippen LogP contribution in [0.1, 0.15) is 22.8 Å². The zero-order chi connectivity index (χ0) is 18.4. The van der Waals surface area contributed by atoms with Crippen molar-refractivity contribution in [1.82, 2.24) is 31.1 Å². The van der Waals surface area contributed by atoms with Gasteiger partial charge in [0.15, 0.2) is 5.11 Å². The molecule has 3 rings (SSSR count). The monoisotopic (exact) mass is 367 g/mol. The Morgan fingerprint density at radius 3 is 2.65 bits per heavy atom. The highest BCUT2D eigenvalue weighted by molar-refractivity contribution is 7.80. The molecule has 1 aromatic heterocycles. The van der Waals surface area contributed by atoms with Gasteiger partial charge >= 0.3 is 0 Å². The van der Waals surface area contributed by atoms with Crippen LogP contribution >= 0.6 is 12.2 Å². The largest absolute Gasteiger partial charge is 0.331 e. The molecule has 0 aliphatic heterocycles. The van der Waals surface area contributed by atoms with Gasteiger partial charge in [0.25, 0.3) is 5.91 Å². The van der Waals surface area contributed by atoms with Crippen LogP contribution in [0.4, 0.5) is 5.69 Å². The zero-order valence-electron chi connectivity index (χ0n) is 14.0. The second-order valence-corrected chi connectivity index (χ2v) is 5.80. The molecule has 0 bridgehead atoms. The van der Waals surface area contributed by atoms with Crippen molar-refractivity contribution in [3.05, 3.63) is 66.0 Å². The number of benzene rings is 2. The van der Waals surface area contributed by atoms with Crippen LogP contribution in [0.25, 0.3) is 5.69 Å². The average molecular weight is 367 g/mol. The summed E-state index contributed by atoms with van der Waals surface area (Å²) >= 11 is 5.20. The summed E-state index contributed by atoms with van der Waals surface area (Å²) in [5.41, 5.74) is 8.55. The Morgan fingerprint density at radius 1 is 1.15 bits per heavy atom. The topological polar surface area (TPSA) is 96.8 Å². The van der Waals surface area contributed by atoms with Crippen molar-refractivity contribution in [1.29, 1.82) is 0 Å². The number of carbonyl (C=O) groups excluding carboxylic acids is 1. The molecular weight excluding hydrogens is 350 g/mol. The number of carbonyl (C=O) groups is 1. The number of nitrogens with zero attached hydrogens (tertiary/aromatic N) is 4. The van der Waals surface area contributed by atoms with Gasteiger partial charge < -0.3 is 5.32 Å². The van der Waals surface area contributed by atoms with Crippen LogP contribution in [0.5, 0.6) is 0 Å². The van der Waals surface area contributed by atoms with Gasteiger partial charge in [0.05, 0.1) is 5.69 Å². The molecule has 0 aliphatic rings. The number of aromatic nitrogens is 4. The first-order valence-corrected chi connectivity index (χ1v) is 8.36. The van der Waals surface area contributed by atoms with Crippen LogP contribution in [0.3, 0.4) is 0 Å². The first kappa shape index (κ1) is 17.5. The maximum atomic E-state index is 12.2. The summed E-state index contributed by atoms with van der Waals surface area (Å²) in [6.45, 7) is 2.08. The van der Waals surface area contributed by atoms with Gasteiger partial charge in [-0.3, -0.25) is 15.6 Å². The third-order valence-electron chi connectivity index (χ3n) is 3.63. The van der Waals surface area contributed by atoms with Crippen molar-refractivity contribution >= 4 is 28.9 Å². The van der Waals surface area contributed by atoms with E-state index in [9.17, 15) is 4.79 Å². The van der Waals surface area contributed by atoms with Crippen LogP contribution in [-0.4, -0.2) is 31.2 Å². The van der Waals surface area contributed by atoms with Crippen molar-refractivity contribution in [2.75, 3.05) is 5.32 Å². The summed E-state index contributed by atoms with van der Waals surface area (Å²) in [4.78, 5) is 12.2. The average Bonchev–Trinajstić information content (AvgIpc) is 3.21. The molecule has 0 aliphatic carbocycles. The van der Waals surface area contributed by atoms with Crippen LogP contribution < -0.4 is 16.2 Å². The summed E-state index contributed by atoms with van der Waals surface area (Å²) in [6.07, 6.45) is 2.42. The lowest BCUT2D eigenvalue weighted by Crippen LogP contribution is -2.43. The standard InChI is InChI=1S/C17H17N7OS/c1-2-12-4-3-5-14(10-12)19-17(26)21-20-16(25)13-6-8-15(9-7-13)24-11-18-22-23-24/h3-11H,2H2,1H3,(H,20,25)(H2,19,21,26). The number of thiocarbonyl (C=S) groups is 1. The number of amides is 1. The Labute approximate surface area is 155 Å². The van der Waals surface area contributed by atoms with E-state index in [1.807, 2.05) is 24.3 Å². The molecule has 2 aromatic carbocycles. The normalized spacial score (nSPS) is 10.2. The third kappa shape index (κ3) is 4.39. The fourth-order valence-corrected chi connectivity index (χ4v) is 2.43. The predicted molar refractivity (Wildman–Crippen MR) is 102 cm³/mol. The van der Waals surface area contributed by atoms with Gasteiger partial charge in [0, 0.05) is 11.3 Å². The highest BCUT2D eigenvalue weighted by atomic mass is 32.1. The highest BCUT2D eigenvalue weighted by Gasteiger charge is 2.07. The van der Waals surface area contributed by atoms with Gasteiger partial charge in [-0.2, -0.15) is 0 Å². The van der Waals surface area contributed by atoms with Crippen LogP contribution in [-0.2, 0) is 6.42 Å². The minimum Gasteiger partial charge on any atom is -0.331 e. The Morgan fingerprint density at radius 2 is 1.96 bits per heavy atom. The fraction of sp³-hybridized carbons (Fsp3) is 0.118. The molecule has 0 spiro atoms. The van der Waals surface area contributed by atoms with E-state index >= 15 is 0 Å². The number of hydrogen-bond acceptors (Lipinski definition) is 5. The molecular formula is C17H17N7OS. The van der Waals surface area contributed by atoms with E-state index in [-0.39, 0.29) is 5.91 Å². The molecule has 0 saturated carbocycles. The van der Waals surface area contributed by atoms with Crippen LogP contribution in [0.2, 0.25) is 0 Å². The molecule has 9 heteroatoms. The van der Waals surface area contributed by atoms with Crippen molar-refractivity contribution in [3.8, 4) is 5.69 Å². The Balaban J connectivity index is 1.53. The second kappa shape index (κ2) is 8.17. The molecule has 0 radical (unpaired) electrons. The maximum Gasteiger partial charge on any atom is 0.269 e. The molecule has 3 N–H and O–H groups in total. The van der Waals surface area contributed by atoms with Gasteiger partial charge in [-0.05, 0) is 71.0 Å². The molecule has 1 heterocycles. The first-order valence-electron chi connectivity index (χ1n) is 7.95. The summed E-state index contributed by atoms with van der Waals surface area (Å²) in [5, 5.41) is 14.3. The first-order chi connectivity index (χ1) is 12.7. The SMILES string of the molecule is CCc1cccc(NC(=S)NNC(=O)c2ccc(-n3cnnn3)cc2)c1. The number of tetrazole rings is 1. The van der Waals surface area contributed by atoms with Crippen molar-refractivity contribution in [2.24, 2.45) is 0 Å². The lowest BCUT2D eigenvalue weighted by Gasteiger charge is -2.12. The van der Waals surface area contributed by atoms with E-state index < -0.39 is 0 Å². The molecule has 132 valence electrons. The summed E-state index contributed by atoms with van der Waals surface area (Å²) in [6, 6.07) is 14.8. The number of anilines is 1. The maximum absolute atomic E-state index is 12.2. The Kier molecular flexibility index (Phi) is 5.49. The van der Waals surface area contributed by atoms with E-state index in [1.54, 1.807) is 24.3 Å². The molecule has 0 unspecified atom stereocenters. The summed E-state index contributed by atoms with van der Waals surface area (Å²) < 4.78 is 1.50. The quantitative estimate of drug-likeness (QED) is 0.478. The van der Waals surface area contributed by atoms with Crippen molar-refractivity contribution in [3.63, 3.8) is 0 Å². The van der Waals surface area contributed by atoms with Gasteiger partial charge in [-0.15, -0.1) is 5.10 Å². The lowest BCUT2D eigenvalue weighted by molar-refractivity contribution is 0.0944. The van der Waals surface area contributed by atoms with Gasteiger partial charge in [-0.1, -0.05) is 19.1 Å². The molecule has 0 saturated heterocycles. The van der Waals surface area contributed by atoms with E-state index in [2.05, 4.69) is 38.6 Å². The second-order valence-electron chi connectivity index (χ2n) is 5.39. The molecule has 0 fully saturated rings. The smallest absolute Gasteiger partial charge is 0.269 e. The van der Waals surface area contributed by atoms with Gasteiger partial charge in [-0.25, -0.2) is 4.68 Å². The fourth-order valence-electron chi connectivity index (χ4n) is 2.26. The highest BCUT2D eigenvalue weighted by Crippen LogP contribution is 2.11. The van der Waals surface area contributed by atoms with E-state index in [1.165, 1.54) is 16.6 Å². The molecule has 0 atom stereocenters. The minimum atomic E-state index is -0.306. The number of rotatable bonds is 4. The van der Waals surface area contributed by atoms with E-state index in [4.69, 9.17) is 12.2 Å². The summed E-state index contributed by atoms with van der Waals surface area (Å²) in [7, 11) is 0. The molecule has 1 amide bonds. The number of hydrogen-bond donors (Lipinski definition) is 3. The third-order valence-corrected chi connectivity index (χ3v) is 3.83. The van der Waals surface area contributed by atoms with Crippen molar-refractivity contribution in [2.45, 2.75) is 13.3 Å². The van der Waals surface area contributed by atoms with Crippen LogP contribution in [0.15, 0.2) is 54.9 Å². The molecule has 8 nitrogen and oxygen atoms in total.